The Kier molecular flexibility index (Phi) is 6.39. The van der Waals surface area contributed by atoms with Crippen molar-refractivity contribution < 1.29 is 34.8 Å². The van der Waals surface area contributed by atoms with Crippen LogP contribution < -0.4 is 0 Å². The normalized spacial score (nSPS) is 17.2. The van der Waals surface area contributed by atoms with Gasteiger partial charge in [-0.25, -0.2) is 4.79 Å². The molecule has 0 unspecified atom stereocenters. The highest BCUT2D eigenvalue weighted by Crippen LogP contribution is 2.42. The third kappa shape index (κ3) is 4.38. The van der Waals surface area contributed by atoms with Crippen molar-refractivity contribution in [3.05, 3.63) is 81.3 Å². The van der Waals surface area contributed by atoms with E-state index in [1.165, 1.54) is 36.3 Å². The quantitative estimate of drug-likeness (QED) is 0.300. The lowest BCUT2D eigenvalue weighted by molar-refractivity contribution is -0.147. The molecule has 0 saturated carbocycles. The Morgan fingerprint density at radius 2 is 1.59 bits per heavy atom. The van der Waals surface area contributed by atoms with Crippen molar-refractivity contribution >= 4 is 27.8 Å². The number of nitrogens with zero attached hydrogens (tertiary/aromatic N) is 1. The predicted octanol–water partition coefficient (Wildman–Crippen LogP) is 3.80. The van der Waals surface area contributed by atoms with Crippen molar-refractivity contribution in [2.24, 2.45) is 0 Å². The largest absolute Gasteiger partial charge is 0.504 e. The Bertz CT molecular complexity index is 1260. The summed E-state index contributed by atoms with van der Waals surface area (Å²) < 4.78 is 5.79. The molecule has 4 rings (SSSR count). The summed E-state index contributed by atoms with van der Waals surface area (Å²) in [6.45, 7) is 0. The number of benzene rings is 3. The number of methoxy groups -OCH3 is 1. The second-order valence-electron chi connectivity index (χ2n) is 8.05. The molecule has 1 amide bonds. The highest BCUT2D eigenvalue weighted by molar-refractivity contribution is 9.10. The molecule has 176 valence electrons. The number of hydrogen-bond acceptors (Lipinski definition) is 7. The smallest absolute Gasteiger partial charge is 0.328 e. The van der Waals surface area contributed by atoms with Crippen LogP contribution in [-0.2, 0) is 22.4 Å². The first kappa shape index (κ1) is 23.4. The second-order valence-corrected chi connectivity index (χ2v) is 8.96. The number of fused-ring (bicyclic) bond motifs is 1. The monoisotopic (exact) mass is 527 g/mol. The van der Waals surface area contributed by atoms with E-state index >= 15 is 0 Å². The van der Waals surface area contributed by atoms with Crippen molar-refractivity contribution in [3.8, 4) is 23.0 Å². The highest BCUT2D eigenvalue weighted by Gasteiger charge is 2.42. The van der Waals surface area contributed by atoms with Crippen LogP contribution in [0.4, 0.5) is 0 Å². The number of ether oxygens (including phenoxy) is 1. The number of rotatable bonds is 4. The van der Waals surface area contributed by atoms with Gasteiger partial charge in [0.2, 0.25) is 0 Å². The molecule has 1 aliphatic heterocycles. The topological polar surface area (TPSA) is 128 Å². The fourth-order valence-corrected chi connectivity index (χ4v) is 4.55. The molecule has 0 bridgehead atoms. The second kappa shape index (κ2) is 9.26. The van der Waals surface area contributed by atoms with Crippen LogP contribution in [0.25, 0.3) is 0 Å². The van der Waals surface area contributed by atoms with Crippen molar-refractivity contribution in [2.45, 2.75) is 24.9 Å². The van der Waals surface area contributed by atoms with Crippen LogP contribution in [0, 0.1) is 0 Å². The molecule has 8 nitrogen and oxygen atoms in total. The molecular formula is C25H22BrNO7. The number of hydrogen-bond donors (Lipinski definition) is 4. The van der Waals surface area contributed by atoms with Gasteiger partial charge in [-0.15, -0.1) is 0 Å². The molecule has 0 radical (unpaired) electrons. The van der Waals surface area contributed by atoms with Crippen LogP contribution >= 0.6 is 15.9 Å². The molecule has 1 aliphatic rings. The molecule has 0 saturated heterocycles. The van der Waals surface area contributed by atoms with Gasteiger partial charge in [0.15, 0.2) is 23.0 Å². The summed E-state index contributed by atoms with van der Waals surface area (Å²) in [5, 5.41) is 39.9. The van der Waals surface area contributed by atoms with Gasteiger partial charge >= 0.3 is 5.97 Å². The maximum atomic E-state index is 13.7. The van der Waals surface area contributed by atoms with Gasteiger partial charge in [-0.1, -0.05) is 22.0 Å². The molecule has 2 atom stereocenters. The van der Waals surface area contributed by atoms with Crippen LogP contribution in [0.15, 0.2) is 59.1 Å². The SMILES string of the molecule is COC(=O)[C@@H]1Cc2cc(O)c(O)cc2[C@H](Cc2ccc(O)c(O)c2)N1C(=O)c1ccc(Br)cc1. The minimum atomic E-state index is -0.992. The van der Waals surface area contributed by atoms with E-state index < -0.39 is 24.0 Å². The lowest BCUT2D eigenvalue weighted by Gasteiger charge is -2.42. The Labute approximate surface area is 203 Å². The summed E-state index contributed by atoms with van der Waals surface area (Å²) in [7, 11) is 1.24. The van der Waals surface area contributed by atoms with Gasteiger partial charge in [0, 0.05) is 16.5 Å². The number of carbonyl (C=O) groups is 2. The molecule has 1 heterocycles. The van der Waals surface area contributed by atoms with Crippen LogP contribution in [0.5, 0.6) is 23.0 Å². The Morgan fingerprint density at radius 1 is 0.941 bits per heavy atom. The van der Waals surface area contributed by atoms with Crippen LogP contribution in [-0.4, -0.2) is 50.4 Å². The maximum absolute atomic E-state index is 13.7. The summed E-state index contributed by atoms with van der Waals surface area (Å²) in [5.74, 6) is -2.35. The van der Waals surface area contributed by atoms with Gasteiger partial charge in [0.1, 0.15) is 6.04 Å². The Hall–Kier alpha value is -3.72. The van der Waals surface area contributed by atoms with Crippen LogP contribution in [0.1, 0.15) is 33.1 Å². The molecule has 0 aliphatic carbocycles. The number of phenols is 4. The van der Waals surface area contributed by atoms with E-state index in [1.807, 2.05) is 0 Å². The standard InChI is InChI=1S/C25H22BrNO7/c1-34-25(33)19-10-15-11-22(30)23(31)12-17(15)18(8-13-2-7-20(28)21(29)9-13)27(19)24(32)14-3-5-16(26)6-4-14/h2-7,9,11-12,18-19,28-31H,8,10H2,1H3/t18-,19-/m0/s1. The summed E-state index contributed by atoms with van der Waals surface area (Å²) in [6.07, 6.45) is 0.232. The fourth-order valence-electron chi connectivity index (χ4n) is 4.28. The van der Waals surface area contributed by atoms with Gasteiger partial charge in [-0.3, -0.25) is 4.79 Å². The van der Waals surface area contributed by atoms with Gasteiger partial charge in [0.05, 0.1) is 13.2 Å². The zero-order valence-corrected chi connectivity index (χ0v) is 19.7. The molecule has 0 aromatic heterocycles. The fraction of sp³-hybridized carbons (Fsp3) is 0.200. The van der Waals surface area contributed by atoms with Crippen molar-refractivity contribution in [1.82, 2.24) is 4.90 Å². The lowest BCUT2D eigenvalue weighted by Crippen LogP contribution is -2.52. The van der Waals surface area contributed by atoms with Crippen LogP contribution in [0.3, 0.4) is 0 Å². The summed E-state index contributed by atoms with van der Waals surface area (Å²) in [6, 6.07) is 12.0. The summed E-state index contributed by atoms with van der Waals surface area (Å²) in [5.41, 5.74) is 2.06. The lowest BCUT2D eigenvalue weighted by atomic mass is 9.84. The predicted molar refractivity (Wildman–Crippen MR) is 126 cm³/mol. The zero-order chi connectivity index (χ0) is 24.6. The molecular weight excluding hydrogens is 506 g/mol. The van der Waals surface area contributed by atoms with Crippen molar-refractivity contribution in [2.75, 3.05) is 7.11 Å². The van der Waals surface area contributed by atoms with E-state index in [1.54, 1.807) is 30.3 Å². The number of phenolic OH excluding ortho intramolecular Hbond substituents is 4. The number of esters is 1. The first-order valence-corrected chi connectivity index (χ1v) is 11.2. The van der Waals surface area contributed by atoms with Gasteiger partial charge in [-0.2, -0.15) is 0 Å². The minimum Gasteiger partial charge on any atom is -0.504 e. The maximum Gasteiger partial charge on any atom is 0.328 e. The van der Waals surface area contributed by atoms with Crippen molar-refractivity contribution in [3.63, 3.8) is 0 Å². The minimum absolute atomic E-state index is 0.0788. The van der Waals surface area contributed by atoms with Crippen LogP contribution in [0.2, 0.25) is 0 Å². The molecule has 0 fully saturated rings. The number of amides is 1. The Balaban J connectivity index is 1.88. The number of aromatic hydroxyl groups is 4. The third-order valence-corrected chi connectivity index (χ3v) is 6.48. The molecule has 3 aromatic rings. The third-order valence-electron chi connectivity index (χ3n) is 5.95. The van der Waals surface area contributed by atoms with E-state index in [0.717, 1.165) is 4.47 Å². The highest BCUT2D eigenvalue weighted by atomic mass is 79.9. The molecule has 0 spiro atoms. The van der Waals surface area contributed by atoms with E-state index in [0.29, 0.717) is 22.3 Å². The van der Waals surface area contributed by atoms with E-state index in [4.69, 9.17) is 4.74 Å². The van der Waals surface area contributed by atoms with Gasteiger partial charge in [-0.05, 0) is 71.6 Å². The number of halogens is 1. The Morgan fingerprint density at radius 3 is 2.24 bits per heavy atom. The average molecular weight is 528 g/mol. The first-order chi connectivity index (χ1) is 16.2. The van der Waals surface area contributed by atoms with E-state index in [-0.39, 0.29) is 35.8 Å². The van der Waals surface area contributed by atoms with Gasteiger partial charge in [0.25, 0.3) is 5.91 Å². The molecule has 4 N–H and O–H groups in total. The molecule has 34 heavy (non-hydrogen) atoms. The average Bonchev–Trinajstić information content (AvgIpc) is 2.82. The van der Waals surface area contributed by atoms with Crippen molar-refractivity contribution in [1.29, 1.82) is 0 Å². The van der Waals surface area contributed by atoms with Gasteiger partial charge < -0.3 is 30.1 Å². The number of carbonyl (C=O) groups excluding carboxylic acids is 2. The molecule has 3 aromatic carbocycles. The summed E-state index contributed by atoms with van der Waals surface area (Å²) >= 11 is 3.35. The van der Waals surface area contributed by atoms with E-state index in [9.17, 15) is 30.0 Å². The summed E-state index contributed by atoms with van der Waals surface area (Å²) in [4.78, 5) is 28.0. The first-order valence-electron chi connectivity index (χ1n) is 10.4. The zero-order valence-electron chi connectivity index (χ0n) is 18.1. The van der Waals surface area contributed by atoms with E-state index in [2.05, 4.69) is 15.9 Å². The molecule has 9 heteroatoms.